The highest BCUT2D eigenvalue weighted by molar-refractivity contribution is 6.05. The highest BCUT2D eigenvalue weighted by Crippen LogP contribution is 2.33. The van der Waals surface area contributed by atoms with Gasteiger partial charge >= 0.3 is 0 Å². The number of pyridine rings is 1. The molecule has 1 heterocycles. The number of carbonyl (C=O) groups is 2. The van der Waals surface area contributed by atoms with Gasteiger partial charge in [-0.25, -0.2) is 5.84 Å². The van der Waals surface area contributed by atoms with Crippen LogP contribution in [0.4, 0.5) is 11.4 Å². The molecule has 0 radical (unpaired) electrons. The maximum atomic E-state index is 13.0. The van der Waals surface area contributed by atoms with E-state index in [2.05, 4.69) is 31.1 Å². The van der Waals surface area contributed by atoms with Crippen molar-refractivity contribution in [1.29, 1.82) is 0 Å². The van der Waals surface area contributed by atoms with Gasteiger partial charge in [-0.2, -0.15) is 0 Å². The number of amides is 1. The first-order valence-electron chi connectivity index (χ1n) is 9.98. The zero-order valence-electron chi connectivity index (χ0n) is 18.9. The Morgan fingerprint density at radius 2 is 1.97 bits per heavy atom. The van der Waals surface area contributed by atoms with E-state index in [9.17, 15) is 9.59 Å². The number of aryl methyl sites for hydroxylation is 1. The van der Waals surface area contributed by atoms with E-state index < -0.39 is 0 Å². The van der Waals surface area contributed by atoms with Crippen LogP contribution in [0, 0.1) is 6.92 Å². The highest BCUT2D eigenvalue weighted by atomic mass is 16.5. The molecule has 1 amide bonds. The summed E-state index contributed by atoms with van der Waals surface area (Å²) in [6.07, 6.45) is 3.71. The topological polar surface area (TPSA) is 124 Å². The molecular weight excluding hydrogens is 394 g/mol. The molecule has 8 heteroatoms. The van der Waals surface area contributed by atoms with E-state index in [0.717, 1.165) is 12.0 Å². The second-order valence-corrected chi connectivity index (χ2v) is 7.98. The smallest absolute Gasteiger partial charge is 0.257 e. The number of rotatable bonds is 8. The second kappa shape index (κ2) is 9.61. The highest BCUT2D eigenvalue weighted by Gasteiger charge is 2.21. The molecular formula is C23H31N5O3. The van der Waals surface area contributed by atoms with Gasteiger partial charge in [0.05, 0.1) is 35.4 Å². The minimum absolute atomic E-state index is 0.00292. The summed E-state index contributed by atoms with van der Waals surface area (Å²) in [6, 6.07) is 7.36. The number of anilines is 2. The third-order valence-corrected chi connectivity index (χ3v) is 5.40. The van der Waals surface area contributed by atoms with Crippen molar-refractivity contribution in [2.24, 2.45) is 11.6 Å². The molecule has 0 aliphatic carbocycles. The van der Waals surface area contributed by atoms with Crippen molar-refractivity contribution >= 4 is 23.1 Å². The van der Waals surface area contributed by atoms with E-state index in [0.29, 0.717) is 28.4 Å². The SMILES string of the molecule is CCC(C)(C)c1ccc(OC)c(NC(=O)c2cnc(C)c(N(N)/C=C(\N)C(C)=O)c2)c1. The van der Waals surface area contributed by atoms with Gasteiger partial charge in [-0.1, -0.05) is 26.8 Å². The van der Waals surface area contributed by atoms with E-state index >= 15 is 0 Å². The molecule has 2 rings (SSSR count). The Bertz CT molecular complexity index is 1010. The van der Waals surface area contributed by atoms with E-state index in [1.165, 1.54) is 24.3 Å². The van der Waals surface area contributed by atoms with Crippen LogP contribution < -0.4 is 26.6 Å². The Morgan fingerprint density at radius 3 is 2.55 bits per heavy atom. The van der Waals surface area contributed by atoms with Gasteiger partial charge in [-0.3, -0.25) is 19.6 Å². The number of nitrogens with two attached hydrogens (primary N) is 2. The van der Waals surface area contributed by atoms with Crippen molar-refractivity contribution in [3.8, 4) is 5.75 Å². The minimum atomic E-state index is -0.365. The Balaban J connectivity index is 2.38. The molecule has 0 atom stereocenters. The molecule has 0 saturated heterocycles. The third-order valence-electron chi connectivity index (χ3n) is 5.40. The van der Waals surface area contributed by atoms with Crippen LogP contribution in [0.25, 0.3) is 0 Å². The minimum Gasteiger partial charge on any atom is -0.495 e. The monoisotopic (exact) mass is 425 g/mol. The van der Waals surface area contributed by atoms with Gasteiger partial charge in [0, 0.05) is 19.3 Å². The molecule has 31 heavy (non-hydrogen) atoms. The van der Waals surface area contributed by atoms with Crippen LogP contribution in [0.15, 0.2) is 42.4 Å². The standard InChI is InChI=1S/C23H31N5O3/c1-7-23(4,5)17-8-9-21(31-6)19(11-17)27-22(30)16-10-20(14(2)26-12-16)28(25)13-18(24)15(3)29/h8-13H,7,24-25H2,1-6H3,(H,27,30)/b18-13-. The number of nitrogens with zero attached hydrogens (tertiary/aromatic N) is 2. The van der Waals surface area contributed by atoms with Crippen molar-refractivity contribution in [3.05, 3.63) is 59.2 Å². The van der Waals surface area contributed by atoms with Gasteiger partial charge in [0.1, 0.15) is 5.75 Å². The Hall–Kier alpha value is -3.39. The van der Waals surface area contributed by atoms with E-state index in [4.69, 9.17) is 16.3 Å². The zero-order chi connectivity index (χ0) is 23.3. The number of aromatic nitrogens is 1. The number of benzene rings is 1. The van der Waals surface area contributed by atoms with Crippen molar-refractivity contribution in [2.45, 2.75) is 46.5 Å². The molecule has 0 spiro atoms. The molecule has 1 aromatic heterocycles. The molecule has 8 nitrogen and oxygen atoms in total. The van der Waals surface area contributed by atoms with Crippen LogP contribution in [0.2, 0.25) is 0 Å². The van der Waals surface area contributed by atoms with Gasteiger partial charge in [0.2, 0.25) is 0 Å². The van der Waals surface area contributed by atoms with Gasteiger partial charge < -0.3 is 15.8 Å². The predicted octanol–water partition coefficient (Wildman–Crippen LogP) is 3.41. The average Bonchev–Trinajstić information content (AvgIpc) is 2.73. The molecule has 0 aliphatic rings. The van der Waals surface area contributed by atoms with Crippen LogP contribution in [-0.2, 0) is 10.2 Å². The Morgan fingerprint density at radius 1 is 1.29 bits per heavy atom. The normalized spacial score (nSPS) is 11.8. The molecule has 166 valence electrons. The molecule has 0 aliphatic heterocycles. The summed E-state index contributed by atoms with van der Waals surface area (Å²) < 4.78 is 5.42. The molecule has 0 saturated carbocycles. The molecule has 0 bridgehead atoms. The fourth-order valence-electron chi connectivity index (χ4n) is 2.84. The summed E-state index contributed by atoms with van der Waals surface area (Å²) in [4.78, 5) is 28.6. The number of hydrogen-bond acceptors (Lipinski definition) is 7. The lowest BCUT2D eigenvalue weighted by molar-refractivity contribution is -0.113. The summed E-state index contributed by atoms with van der Waals surface area (Å²) in [6.45, 7) is 9.50. The van der Waals surface area contributed by atoms with Crippen LogP contribution >= 0.6 is 0 Å². The number of hydrogen-bond donors (Lipinski definition) is 3. The maximum Gasteiger partial charge on any atom is 0.257 e. The number of hydrazine groups is 1. The zero-order valence-corrected chi connectivity index (χ0v) is 18.9. The predicted molar refractivity (Wildman–Crippen MR) is 123 cm³/mol. The van der Waals surface area contributed by atoms with Crippen molar-refractivity contribution in [3.63, 3.8) is 0 Å². The lowest BCUT2D eigenvalue weighted by Gasteiger charge is -2.24. The summed E-state index contributed by atoms with van der Waals surface area (Å²) in [5.74, 6) is 5.90. The molecule has 0 fully saturated rings. The number of ether oxygens (including phenoxy) is 1. The largest absolute Gasteiger partial charge is 0.495 e. The second-order valence-electron chi connectivity index (χ2n) is 7.98. The van der Waals surface area contributed by atoms with Crippen LogP contribution in [0.3, 0.4) is 0 Å². The lowest BCUT2D eigenvalue weighted by Crippen LogP contribution is -2.28. The molecule has 2 aromatic rings. The average molecular weight is 426 g/mol. The molecule has 5 N–H and O–H groups in total. The molecule has 0 unspecified atom stereocenters. The lowest BCUT2D eigenvalue weighted by atomic mass is 9.82. The van der Waals surface area contributed by atoms with Gasteiger partial charge in [0.25, 0.3) is 5.91 Å². The Labute approximate surface area is 183 Å². The van der Waals surface area contributed by atoms with Gasteiger partial charge in [0.15, 0.2) is 5.78 Å². The first kappa shape index (κ1) is 23.9. The summed E-state index contributed by atoms with van der Waals surface area (Å²) in [7, 11) is 1.55. The number of Topliss-reactive ketones (excluding diaryl/α,β-unsaturated/α-hetero) is 1. The maximum absolute atomic E-state index is 13.0. The Kier molecular flexibility index (Phi) is 7.41. The number of allylic oxidation sites excluding steroid dienone is 1. The fourth-order valence-corrected chi connectivity index (χ4v) is 2.84. The van der Waals surface area contributed by atoms with Crippen LogP contribution in [0.1, 0.15) is 55.7 Å². The third kappa shape index (κ3) is 5.61. The van der Waals surface area contributed by atoms with Crippen LogP contribution in [-0.4, -0.2) is 23.8 Å². The quantitative estimate of drug-likeness (QED) is 0.336. The number of nitrogens with one attached hydrogen (secondary N) is 1. The number of methoxy groups -OCH3 is 1. The first-order valence-corrected chi connectivity index (χ1v) is 9.98. The van der Waals surface area contributed by atoms with Gasteiger partial charge in [-0.15, -0.1) is 0 Å². The van der Waals surface area contributed by atoms with Crippen molar-refractivity contribution in [2.75, 3.05) is 17.4 Å². The summed E-state index contributed by atoms with van der Waals surface area (Å²) in [5.41, 5.74) is 8.61. The summed E-state index contributed by atoms with van der Waals surface area (Å²) in [5, 5.41) is 4.08. The van der Waals surface area contributed by atoms with E-state index in [-0.39, 0.29) is 22.8 Å². The van der Waals surface area contributed by atoms with Crippen LogP contribution in [0.5, 0.6) is 5.75 Å². The summed E-state index contributed by atoms with van der Waals surface area (Å²) >= 11 is 0. The molecule has 1 aromatic carbocycles. The van der Waals surface area contributed by atoms with Gasteiger partial charge in [-0.05, 0) is 42.5 Å². The van der Waals surface area contributed by atoms with E-state index in [1.54, 1.807) is 20.1 Å². The van der Waals surface area contributed by atoms with Crippen molar-refractivity contribution < 1.29 is 14.3 Å². The fraction of sp³-hybridized carbons (Fsp3) is 0.348. The van der Waals surface area contributed by atoms with E-state index in [1.807, 2.05) is 18.2 Å². The number of carbonyl (C=O) groups excluding carboxylic acids is 2. The number of ketones is 1. The van der Waals surface area contributed by atoms with Crippen molar-refractivity contribution in [1.82, 2.24) is 4.98 Å². The first-order chi connectivity index (χ1) is 14.5.